The predicted octanol–water partition coefficient (Wildman–Crippen LogP) is 1.03. The Hall–Kier alpha value is -1.36. The number of hydrogen-bond acceptors (Lipinski definition) is 3. The van der Waals surface area contributed by atoms with Gasteiger partial charge in [-0.2, -0.15) is 5.10 Å². The molecule has 1 aromatic heterocycles. The standard InChI is InChI=1S/C13H22N4O/c1-9(2)12-7-11(16-17(12)3)13(18)15-10-5-4-6-14-8-10/h7,9-10,14H,4-6,8H2,1-3H3,(H,15,18). The molecule has 1 unspecified atom stereocenters. The summed E-state index contributed by atoms with van der Waals surface area (Å²) in [7, 11) is 1.88. The van der Waals surface area contributed by atoms with Crippen molar-refractivity contribution < 1.29 is 4.79 Å². The number of amides is 1. The Labute approximate surface area is 108 Å². The molecule has 1 aliphatic heterocycles. The molecule has 0 spiro atoms. The summed E-state index contributed by atoms with van der Waals surface area (Å²) in [5.41, 5.74) is 1.61. The van der Waals surface area contributed by atoms with Crippen molar-refractivity contribution in [2.24, 2.45) is 7.05 Å². The minimum absolute atomic E-state index is 0.0637. The van der Waals surface area contributed by atoms with Crippen LogP contribution in [0.1, 0.15) is 48.8 Å². The lowest BCUT2D eigenvalue weighted by molar-refractivity contribution is 0.0925. The van der Waals surface area contributed by atoms with E-state index in [9.17, 15) is 4.79 Å². The molecule has 1 fully saturated rings. The van der Waals surface area contributed by atoms with E-state index < -0.39 is 0 Å². The fraction of sp³-hybridized carbons (Fsp3) is 0.692. The zero-order valence-corrected chi connectivity index (χ0v) is 11.4. The van der Waals surface area contributed by atoms with Crippen LogP contribution in [0.5, 0.6) is 0 Å². The average molecular weight is 250 g/mol. The van der Waals surface area contributed by atoms with Crippen LogP contribution in [0.15, 0.2) is 6.07 Å². The average Bonchev–Trinajstić information content (AvgIpc) is 2.73. The normalized spacial score (nSPS) is 20.1. The van der Waals surface area contributed by atoms with Crippen molar-refractivity contribution in [2.75, 3.05) is 13.1 Å². The van der Waals surface area contributed by atoms with E-state index in [0.717, 1.165) is 31.6 Å². The minimum Gasteiger partial charge on any atom is -0.347 e. The molecule has 2 N–H and O–H groups in total. The summed E-state index contributed by atoms with van der Waals surface area (Å²) in [6.07, 6.45) is 2.16. The third-order valence-electron chi connectivity index (χ3n) is 3.37. The minimum atomic E-state index is -0.0637. The third kappa shape index (κ3) is 2.90. The summed E-state index contributed by atoms with van der Waals surface area (Å²) >= 11 is 0. The zero-order valence-electron chi connectivity index (χ0n) is 11.4. The molecule has 100 valence electrons. The molecule has 1 aliphatic rings. The molecule has 0 bridgehead atoms. The van der Waals surface area contributed by atoms with Crippen LogP contribution >= 0.6 is 0 Å². The van der Waals surface area contributed by atoms with Crippen molar-refractivity contribution in [3.8, 4) is 0 Å². The molecule has 0 aromatic carbocycles. The zero-order chi connectivity index (χ0) is 13.1. The summed E-state index contributed by atoms with van der Waals surface area (Å²) < 4.78 is 1.79. The second-order valence-electron chi connectivity index (χ2n) is 5.25. The number of rotatable bonds is 3. The maximum absolute atomic E-state index is 12.1. The Balaban J connectivity index is 2.02. The summed E-state index contributed by atoms with van der Waals surface area (Å²) in [4.78, 5) is 12.1. The van der Waals surface area contributed by atoms with Crippen LogP contribution in [0.4, 0.5) is 0 Å². The molecular formula is C13H22N4O. The first kappa shape index (κ1) is 13.1. The molecule has 2 rings (SSSR count). The highest BCUT2D eigenvalue weighted by Crippen LogP contribution is 2.14. The predicted molar refractivity (Wildman–Crippen MR) is 70.7 cm³/mol. The quantitative estimate of drug-likeness (QED) is 0.842. The number of piperidine rings is 1. The Morgan fingerprint density at radius 1 is 1.61 bits per heavy atom. The Kier molecular flexibility index (Phi) is 4.01. The van der Waals surface area contributed by atoms with Gasteiger partial charge in [0.25, 0.3) is 5.91 Å². The van der Waals surface area contributed by atoms with Crippen molar-refractivity contribution in [1.29, 1.82) is 0 Å². The van der Waals surface area contributed by atoms with E-state index in [2.05, 4.69) is 29.6 Å². The van der Waals surface area contributed by atoms with E-state index in [0.29, 0.717) is 11.6 Å². The first-order valence-corrected chi connectivity index (χ1v) is 6.63. The van der Waals surface area contributed by atoms with E-state index in [4.69, 9.17) is 0 Å². The highest BCUT2D eigenvalue weighted by atomic mass is 16.2. The van der Waals surface area contributed by atoms with Crippen molar-refractivity contribution >= 4 is 5.91 Å². The van der Waals surface area contributed by atoms with Gasteiger partial charge in [0, 0.05) is 25.3 Å². The molecular weight excluding hydrogens is 228 g/mol. The molecule has 0 radical (unpaired) electrons. The van der Waals surface area contributed by atoms with Gasteiger partial charge in [-0.05, 0) is 31.4 Å². The number of nitrogens with one attached hydrogen (secondary N) is 2. The molecule has 1 aromatic rings. The van der Waals surface area contributed by atoms with Crippen LogP contribution in [0, 0.1) is 0 Å². The van der Waals surface area contributed by atoms with E-state index in [1.54, 1.807) is 4.68 Å². The molecule has 2 heterocycles. The lowest BCUT2D eigenvalue weighted by Gasteiger charge is -2.23. The van der Waals surface area contributed by atoms with Crippen molar-refractivity contribution in [1.82, 2.24) is 20.4 Å². The summed E-state index contributed by atoms with van der Waals surface area (Å²) in [5.74, 6) is 0.312. The van der Waals surface area contributed by atoms with Gasteiger partial charge >= 0.3 is 0 Å². The van der Waals surface area contributed by atoms with Crippen molar-refractivity contribution in [3.05, 3.63) is 17.5 Å². The van der Waals surface area contributed by atoms with Gasteiger partial charge in [0.2, 0.25) is 0 Å². The lowest BCUT2D eigenvalue weighted by Crippen LogP contribution is -2.45. The fourth-order valence-corrected chi connectivity index (χ4v) is 2.37. The first-order chi connectivity index (χ1) is 8.58. The Bertz CT molecular complexity index is 419. The maximum atomic E-state index is 12.1. The molecule has 1 amide bonds. The van der Waals surface area contributed by atoms with Crippen LogP contribution in [-0.4, -0.2) is 34.8 Å². The van der Waals surface area contributed by atoms with Crippen LogP contribution in [-0.2, 0) is 7.05 Å². The number of carbonyl (C=O) groups excluding carboxylic acids is 1. The third-order valence-corrected chi connectivity index (χ3v) is 3.37. The monoisotopic (exact) mass is 250 g/mol. The van der Waals surface area contributed by atoms with Crippen LogP contribution in [0.3, 0.4) is 0 Å². The van der Waals surface area contributed by atoms with Gasteiger partial charge in [0.15, 0.2) is 0 Å². The number of hydrogen-bond donors (Lipinski definition) is 2. The van der Waals surface area contributed by atoms with Gasteiger partial charge in [-0.1, -0.05) is 13.8 Å². The summed E-state index contributed by atoms with van der Waals surface area (Å²) in [6.45, 7) is 6.11. The van der Waals surface area contributed by atoms with Gasteiger partial charge < -0.3 is 10.6 Å². The Morgan fingerprint density at radius 2 is 2.39 bits per heavy atom. The van der Waals surface area contributed by atoms with Crippen LogP contribution in [0.25, 0.3) is 0 Å². The van der Waals surface area contributed by atoms with Crippen molar-refractivity contribution in [2.45, 2.75) is 38.6 Å². The van der Waals surface area contributed by atoms with Gasteiger partial charge in [-0.3, -0.25) is 9.48 Å². The number of carbonyl (C=O) groups is 1. The topological polar surface area (TPSA) is 59.0 Å². The molecule has 5 heteroatoms. The number of nitrogens with zero attached hydrogens (tertiary/aromatic N) is 2. The van der Waals surface area contributed by atoms with E-state index in [-0.39, 0.29) is 11.9 Å². The van der Waals surface area contributed by atoms with E-state index >= 15 is 0 Å². The second-order valence-corrected chi connectivity index (χ2v) is 5.25. The van der Waals surface area contributed by atoms with Crippen molar-refractivity contribution in [3.63, 3.8) is 0 Å². The van der Waals surface area contributed by atoms with E-state index in [1.807, 2.05) is 13.1 Å². The molecule has 5 nitrogen and oxygen atoms in total. The molecule has 0 aliphatic carbocycles. The molecule has 1 saturated heterocycles. The Morgan fingerprint density at radius 3 is 2.94 bits per heavy atom. The van der Waals surface area contributed by atoms with Crippen LogP contribution in [0.2, 0.25) is 0 Å². The van der Waals surface area contributed by atoms with Gasteiger partial charge in [-0.25, -0.2) is 0 Å². The highest BCUT2D eigenvalue weighted by Gasteiger charge is 2.19. The SMILES string of the molecule is CC(C)c1cc(C(=O)NC2CCCNC2)nn1C. The van der Waals surface area contributed by atoms with E-state index in [1.165, 1.54) is 0 Å². The highest BCUT2D eigenvalue weighted by molar-refractivity contribution is 5.92. The first-order valence-electron chi connectivity index (χ1n) is 6.63. The molecule has 1 atom stereocenters. The summed E-state index contributed by atoms with van der Waals surface area (Å²) in [5, 5.41) is 10.6. The van der Waals surface area contributed by atoms with Gasteiger partial charge in [-0.15, -0.1) is 0 Å². The number of aryl methyl sites for hydroxylation is 1. The van der Waals surface area contributed by atoms with Gasteiger partial charge in [0.05, 0.1) is 0 Å². The largest absolute Gasteiger partial charge is 0.347 e. The fourth-order valence-electron chi connectivity index (χ4n) is 2.37. The maximum Gasteiger partial charge on any atom is 0.272 e. The second kappa shape index (κ2) is 5.52. The lowest BCUT2D eigenvalue weighted by atomic mass is 10.1. The van der Waals surface area contributed by atoms with Crippen LogP contribution < -0.4 is 10.6 Å². The smallest absolute Gasteiger partial charge is 0.272 e. The molecule has 0 saturated carbocycles. The molecule has 18 heavy (non-hydrogen) atoms. The summed E-state index contributed by atoms with van der Waals surface area (Å²) in [6, 6.07) is 2.12. The number of aromatic nitrogens is 2. The van der Waals surface area contributed by atoms with Gasteiger partial charge in [0.1, 0.15) is 5.69 Å².